The maximum Gasteiger partial charge on any atom is 0.169 e. The summed E-state index contributed by atoms with van der Waals surface area (Å²) in [6.45, 7) is 3.82. The molecule has 0 saturated carbocycles. The second-order valence-corrected chi connectivity index (χ2v) is 3.79. The van der Waals surface area contributed by atoms with Gasteiger partial charge in [-0.25, -0.2) is 0 Å². The third-order valence-electron chi connectivity index (χ3n) is 2.51. The van der Waals surface area contributed by atoms with Gasteiger partial charge < -0.3 is 9.84 Å². The molecule has 2 aromatic rings. The molecule has 16 heavy (non-hydrogen) atoms. The fourth-order valence-corrected chi connectivity index (χ4v) is 1.50. The molecular formula is C14H14O2. The second-order valence-electron chi connectivity index (χ2n) is 3.79. The van der Waals surface area contributed by atoms with Gasteiger partial charge in [0.25, 0.3) is 0 Å². The van der Waals surface area contributed by atoms with E-state index in [1.165, 1.54) is 0 Å². The standard InChI is InChI=1S/C14H14O2/c1-10-6-3-4-8-12(10)16-13-9-5-7-11(2)14(13)15/h3-9,15H,1-2H3. The highest BCUT2D eigenvalue weighted by atomic mass is 16.5. The van der Waals surface area contributed by atoms with Crippen LogP contribution >= 0.6 is 0 Å². The van der Waals surface area contributed by atoms with Gasteiger partial charge in [0.15, 0.2) is 11.5 Å². The van der Waals surface area contributed by atoms with Crippen molar-refractivity contribution < 1.29 is 9.84 Å². The minimum atomic E-state index is 0.200. The first-order chi connectivity index (χ1) is 7.68. The number of benzene rings is 2. The number of phenols is 1. The molecule has 0 aliphatic carbocycles. The molecule has 0 radical (unpaired) electrons. The van der Waals surface area contributed by atoms with Gasteiger partial charge in [0, 0.05) is 0 Å². The lowest BCUT2D eigenvalue weighted by Crippen LogP contribution is -1.88. The number of ether oxygens (including phenoxy) is 1. The van der Waals surface area contributed by atoms with E-state index in [0.717, 1.165) is 16.9 Å². The van der Waals surface area contributed by atoms with Gasteiger partial charge in [-0.15, -0.1) is 0 Å². The number of aryl methyl sites for hydroxylation is 2. The molecule has 0 aliphatic rings. The van der Waals surface area contributed by atoms with E-state index in [9.17, 15) is 5.11 Å². The van der Waals surface area contributed by atoms with Crippen LogP contribution in [0, 0.1) is 13.8 Å². The van der Waals surface area contributed by atoms with E-state index in [4.69, 9.17) is 4.74 Å². The molecule has 0 unspecified atom stereocenters. The monoisotopic (exact) mass is 214 g/mol. The summed E-state index contributed by atoms with van der Waals surface area (Å²) >= 11 is 0. The van der Waals surface area contributed by atoms with E-state index in [1.807, 2.05) is 50.2 Å². The van der Waals surface area contributed by atoms with E-state index in [1.54, 1.807) is 6.07 Å². The highest BCUT2D eigenvalue weighted by Crippen LogP contribution is 2.33. The SMILES string of the molecule is Cc1ccccc1Oc1cccc(C)c1O. The molecule has 0 aromatic heterocycles. The average Bonchev–Trinajstić information content (AvgIpc) is 2.28. The molecule has 1 N–H and O–H groups in total. The Hall–Kier alpha value is -1.96. The van der Waals surface area contributed by atoms with Crippen molar-refractivity contribution in [2.24, 2.45) is 0 Å². The normalized spacial score (nSPS) is 10.1. The summed E-state index contributed by atoms with van der Waals surface area (Å²) in [6, 6.07) is 13.2. The second kappa shape index (κ2) is 4.27. The number of hydrogen-bond acceptors (Lipinski definition) is 2. The van der Waals surface area contributed by atoms with Crippen LogP contribution < -0.4 is 4.74 Å². The van der Waals surface area contributed by atoms with Crippen LogP contribution in [0.5, 0.6) is 17.2 Å². The van der Waals surface area contributed by atoms with Gasteiger partial charge >= 0.3 is 0 Å². The van der Waals surface area contributed by atoms with Crippen molar-refractivity contribution in [2.75, 3.05) is 0 Å². The summed E-state index contributed by atoms with van der Waals surface area (Å²) in [5.74, 6) is 1.46. The lowest BCUT2D eigenvalue weighted by atomic mass is 10.2. The summed E-state index contributed by atoms with van der Waals surface area (Å²) in [5, 5.41) is 9.82. The largest absolute Gasteiger partial charge is 0.504 e. The molecular weight excluding hydrogens is 200 g/mol. The maximum atomic E-state index is 9.82. The smallest absolute Gasteiger partial charge is 0.169 e. The molecule has 2 heteroatoms. The average molecular weight is 214 g/mol. The Bertz CT molecular complexity index is 504. The Morgan fingerprint density at radius 3 is 2.19 bits per heavy atom. The minimum Gasteiger partial charge on any atom is -0.504 e. The van der Waals surface area contributed by atoms with Crippen molar-refractivity contribution in [2.45, 2.75) is 13.8 Å². The Morgan fingerprint density at radius 1 is 0.812 bits per heavy atom. The summed E-state index contributed by atoms with van der Waals surface area (Å²) in [7, 11) is 0. The molecule has 0 saturated heterocycles. The predicted molar refractivity (Wildman–Crippen MR) is 64.1 cm³/mol. The predicted octanol–water partition coefficient (Wildman–Crippen LogP) is 3.80. The molecule has 82 valence electrons. The Kier molecular flexibility index (Phi) is 2.82. The van der Waals surface area contributed by atoms with Crippen LogP contribution in [-0.2, 0) is 0 Å². The third kappa shape index (κ3) is 2.01. The van der Waals surface area contributed by atoms with Crippen LogP contribution in [0.25, 0.3) is 0 Å². The van der Waals surface area contributed by atoms with Gasteiger partial charge in [-0.3, -0.25) is 0 Å². The molecule has 0 amide bonds. The first kappa shape index (κ1) is 10.6. The zero-order valence-electron chi connectivity index (χ0n) is 9.40. The molecule has 0 aliphatic heterocycles. The Balaban J connectivity index is 2.35. The van der Waals surface area contributed by atoms with Crippen LogP contribution in [-0.4, -0.2) is 5.11 Å². The molecule has 0 atom stereocenters. The zero-order valence-corrected chi connectivity index (χ0v) is 9.40. The van der Waals surface area contributed by atoms with Crippen molar-refractivity contribution in [3.05, 3.63) is 53.6 Å². The topological polar surface area (TPSA) is 29.5 Å². The molecule has 2 nitrogen and oxygen atoms in total. The summed E-state index contributed by atoms with van der Waals surface area (Å²) in [6.07, 6.45) is 0. The first-order valence-corrected chi connectivity index (χ1v) is 5.20. The van der Waals surface area contributed by atoms with Crippen LogP contribution in [0.4, 0.5) is 0 Å². The molecule has 0 heterocycles. The number of aromatic hydroxyl groups is 1. The van der Waals surface area contributed by atoms with Crippen molar-refractivity contribution in [1.82, 2.24) is 0 Å². The first-order valence-electron chi connectivity index (χ1n) is 5.20. The minimum absolute atomic E-state index is 0.200. The lowest BCUT2D eigenvalue weighted by Gasteiger charge is -2.10. The molecule has 0 bridgehead atoms. The number of hydrogen-bond donors (Lipinski definition) is 1. The number of para-hydroxylation sites is 2. The van der Waals surface area contributed by atoms with E-state index in [2.05, 4.69) is 0 Å². The fraction of sp³-hybridized carbons (Fsp3) is 0.143. The van der Waals surface area contributed by atoms with E-state index in [-0.39, 0.29) is 5.75 Å². The van der Waals surface area contributed by atoms with E-state index >= 15 is 0 Å². The number of rotatable bonds is 2. The zero-order chi connectivity index (χ0) is 11.5. The lowest BCUT2D eigenvalue weighted by molar-refractivity contribution is 0.407. The van der Waals surface area contributed by atoms with Crippen LogP contribution in [0.2, 0.25) is 0 Å². The third-order valence-corrected chi connectivity index (χ3v) is 2.51. The number of phenolic OH excluding ortho intramolecular Hbond substituents is 1. The molecule has 0 spiro atoms. The van der Waals surface area contributed by atoms with Gasteiger partial charge in [-0.05, 0) is 37.1 Å². The molecule has 0 fully saturated rings. The van der Waals surface area contributed by atoms with Crippen LogP contribution in [0.15, 0.2) is 42.5 Å². The van der Waals surface area contributed by atoms with Gasteiger partial charge in [-0.2, -0.15) is 0 Å². The van der Waals surface area contributed by atoms with Gasteiger partial charge in [0.2, 0.25) is 0 Å². The van der Waals surface area contributed by atoms with Crippen molar-refractivity contribution in [3.63, 3.8) is 0 Å². The molecule has 2 rings (SSSR count). The van der Waals surface area contributed by atoms with E-state index in [0.29, 0.717) is 5.75 Å². The van der Waals surface area contributed by atoms with Crippen LogP contribution in [0.3, 0.4) is 0 Å². The van der Waals surface area contributed by atoms with Gasteiger partial charge in [-0.1, -0.05) is 30.3 Å². The van der Waals surface area contributed by atoms with Crippen molar-refractivity contribution in [1.29, 1.82) is 0 Å². The fourth-order valence-electron chi connectivity index (χ4n) is 1.50. The van der Waals surface area contributed by atoms with Gasteiger partial charge in [0.05, 0.1) is 0 Å². The van der Waals surface area contributed by atoms with E-state index < -0.39 is 0 Å². The quantitative estimate of drug-likeness (QED) is 0.823. The van der Waals surface area contributed by atoms with Crippen LogP contribution in [0.1, 0.15) is 11.1 Å². The molecule has 2 aromatic carbocycles. The van der Waals surface area contributed by atoms with Crippen molar-refractivity contribution >= 4 is 0 Å². The van der Waals surface area contributed by atoms with Crippen molar-refractivity contribution in [3.8, 4) is 17.2 Å². The highest BCUT2D eigenvalue weighted by Gasteiger charge is 2.06. The summed E-state index contributed by atoms with van der Waals surface area (Å²) in [4.78, 5) is 0. The highest BCUT2D eigenvalue weighted by molar-refractivity contribution is 5.47. The Labute approximate surface area is 95.1 Å². The van der Waals surface area contributed by atoms with Gasteiger partial charge in [0.1, 0.15) is 5.75 Å². The summed E-state index contributed by atoms with van der Waals surface area (Å²) in [5.41, 5.74) is 1.86. The summed E-state index contributed by atoms with van der Waals surface area (Å²) < 4.78 is 5.67. The maximum absolute atomic E-state index is 9.82. The Morgan fingerprint density at radius 2 is 1.44 bits per heavy atom.